The SMILES string of the molecule is COc1ccc2cc(C=NNC(=O)CN(c3ccc(C)cc3)S(=O)(=O)c3ccc(SC)cc3)c(Cl)nc2c1. The molecule has 38 heavy (non-hydrogen) atoms. The predicted molar refractivity (Wildman–Crippen MR) is 153 cm³/mol. The van der Waals surface area contributed by atoms with Gasteiger partial charge in [0.1, 0.15) is 17.4 Å². The Hall–Kier alpha value is -3.60. The fourth-order valence-electron chi connectivity index (χ4n) is 3.60. The second-order valence-corrected chi connectivity index (χ2v) is 11.3. The van der Waals surface area contributed by atoms with Gasteiger partial charge in [-0.25, -0.2) is 18.8 Å². The molecule has 0 unspecified atom stereocenters. The van der Waals surface area contributed by atoms with Gasteiger partial charge >= 0.3 is 0 Å². The number of thioether (sulfide) groups is 1. The van der Waals surface area contributed by atoms with E-state index in [9.17, 15) is 13.2 Å². The molecule has 0 spiro atoms. The summed E-state index contributed by atoms with van der Waals surface area (Å²) in [5, 5.41) is 4.99. The van der Waals surface area contributed by atoms with Gasteiger partial charge in [-0.1, -0.05) is 29.3 Å². The average Bonchev–Trinajstić information content (AvgIpc) is 2.92. The van der Waals surface area contributed by atoms with E-state index in [1.807, 2.05) is 19.2 Å². The number of sulfonamides is 1. The highest BCUT2D eigenvalue weighted by Crippen LogP contribution is 2.26. The third-order valence-corrected chi connectivity index (χ3v) is 8.49. The van der Waals surface area contributed by atoms with Gasteiger partial charge in [0.05, 0.1) is 29.4 Å². The van der Waals surface area contributed by atoms with Crippen LogP contribution in [0.3, 0.4) is 0 Å². The Bertz CT molecular complexity index is 1590. The average molecular weight is 569 g/mol. The molecule has 3 aromatic carbocycles. The van der Waals surface area contributed by atoms with E-state index in [0.29, 0.717) is 22.5 Å². The zero-order valence-electron chi connectivity index (χ0n) is 20.9. The van der Waals surface area contributed by atoms with E-state index < -0.39 is 22.5 Å². The fourth-order valence-corrected chi connectivity index (χ4v) is 5.62. The molecule has 0 aliphatic heterocycles. The number of nitrogens with zero attached hydrogens (tertiary/aromatic N) is 3. The molecule has 1 heterocycles. The van der Waals surface area contributed by atoms with Crippen LogP contribution in [0.5, 0.6) is 5.75 Å². The number of aryl methyl sites for hydroxylation is 1. The number of amides is 1. The molecule has 4 rings (SSSR count). The van der Waals surface area contributed by atoms with E-state index in [-0.39, 0.29) is 10.0 Å². The molecule has 1 amide bonds. The number of hydrogen-bond acceptors (Lipinski definition) is 7. The van der Waals surface area contributed by atoms with Gasteiger partial charge < -0.3 is 4.74 Å². The van der Waals surface area contributed by atoms with Gasteiger partial charge in [0, 0.05) is 21.9 Å². The van der Waals surface area contributed by atoms with Crippen LogP contribution < -0.4 is 14.5 Å². The van der Waals surface area contributed by atoms with Crippen LogP contribution >= 0.6 is 23.4 Å². The summed E-state index contributed by atoms with van der Waals surface area (Å²) in [6.45, 7) is 1.42. The summed E-state index contributed by atoms with van der Waals surface area (Å²) in [6, 6.07) is 20.6. The number of halogens is 1. The zero-order chi connectivity index (χ0) is 27.3. The molecule has 8 nitrogen and oxygen atoms in total. The van der Waals surface area contributed by atoms with Crippen LogP contribution in [0.25, 0.3) is 10.9 Å². The second kappa shape index (κ2) is 11.8. The highest BCUT2D eigenvalue weighted by molar-refractivity contribution is 7.98. The van der Waals surface area contributed by atoms with Gasteiger partial charge in [-0.3, -0.25) is 9.10 Å². The van der Waals surface area contributed by atoms with Gasteiger partial charge in [0.2, 0.25) is 0 Å². The van der Waals surface area contributed by atoms with E-state index in [1.54, 1.807) is 61.7 Å². The Labute approximate surface area is 230 Å². The van der Waals surface area contributed by atoms with Gasteiger partial charge in [0.25, 0.3) is 15.9 Å². The number of methoxy groups -OCH3 is 1. The van der Waals surface area contributed by atoms with Crippen LogP contribution in [0.15, 0.2) is 87.7 Å². The number of pyridine rings is 1. The van der Waals surface area contributed by atoms with Crippen molar-refractivity contribution in [3.63, 3.8) is 0 Å². The van der Waals surface area contributed by atoms with Crippen LogP contribution in [-0.2, 0) is 14.8 Å². The molecule has 0 aliphatic rings. The normalized spacial score (nSPS) is 11.6. The molecular formula is C27H25ClN4O4S2. The maximum Gasteiger partial charge on any atom is 0.264 e. The van der Waals surface area contributed by atoms with Crippen molar-refractivity contribution >= 4 is 62.1 Å². The molecule has 1 aromatic heterocycles. The highest BCUT2D eigenvalue weighted by atomic mass is 35.5. The Morgan fingerprint density at radius 3 is 2.47 bits per heavy atom. The first kappa shape index (κ1) is 27.4. The topological polar surface area (TPSA) is 101 Å². The number of fused-ring (bicyclic) bond motifs is 1. The smallest absolute Gasteiger partial charge is 0.264 e. The van der Waals surface area contributed by atoms with Crippen molar-refractivity contribution in [3.8, 4) is 5.75 Å². The van der Waals surface area contributed by atoms with Crippen LogP contribution in [0.1, 0.15) is 11.1 Å². The quantitative estimate of drug-likeness (QED) is 0.128. The molecule has 0 saturated carbocycles. The van der Waals surface area contributed by atoms with Crippen molar-refractivity contribution in [2.24, 2.45) is 5.10 Å². The Morgan fingerprint density at radius 1 is 1.11 bits per heavy atom. The van der Waals surface area contributed by atoms with E-state index in [4.69, 9.17) is 16.3 Å². The van der Waals surface area contributed by atoms with E-state index in [1.165, 1.54) is 30.1 Å². The van der Waals surface area contributed by atoms with Crippen molar-refractivity contribution in [3.05, 3.63) is 89.1 Å². The summed E-state index contributed by atoms with van der Waals surface area (Å²) in [4.78, 5) is 18.2. The third-order valence-electron chi connectivity index (χ3n) is 5.65. The van der Waals surface area contributed by atoms with Crippen molar-refractivity contribution in [2.75, 3.05) is 24.2 Å². The molecule has 0 fully saturated rings. The first-order valence-electron chi connectivity index (χ1n) is 11.4. The predicted octanol–water partition coefficient (Wildman–Crippen LogP) is 5.27. The molecular weight excluding hydrogens is 544 g/mol. The van der Waals surface area contributed by atoms with Crippen molar-refractivity contribution < 1.29 is 17.9 Å². The number of benzene rings is 3. The summed E-state index contributed by atoms with van der Waals surface area (Å²) in [6.07, 6.45) is 3.27. The van der Waals surface area contributed by atoms with Gasteiger partial charge in [-0.05, 0) is 67.8 Å². The van der Waals surface area contributed by atoms with E-state index in [2.05, 4.69) is 15.5 Å². The Morgan fingerprint density at radius 2 is 1.82 bits per heavy atom. The lowest BCUT2D eigenvalue weighted by atomic mass is 10.1. The maximum atomic E-state index is 13.5. The molecule has 0 saturated heterocycles. The second-order valence-electron chi connectivity index (χ2n) is 8.24. The summed E-state index contributed by atoms with van der Waals surface area (Å²) in [5.74, 6) is 0.0313. The van der Waals surface area contributed by atoms with E-state index >= 15 is 0 Å². The van der Waals surface area contributed by atoms with Crippen LogP contribution in [0.2, 0.25) is 5.15 Å². The molecule has 1 N–H and O–H groups in total. The Balaban J connectivity index is 1.55. The Kier molecular flexibility index (Phi) is 8.55. The summed E-state index contributed by atoms with van der Waals surface area (Å²) in [7, 11) is -2.46. The molecule has 4 aromatic rings. The monoisotopic (exact) mass is 568 g/mol. The van der Waals surface area contributed by atoms with E-state index in [0.717, 1.165) is 20.2 Å². The minimum atomic E-state index is -4.03. The highest BCUT2D eigenvalue weighted by Gasteiger charge is 2.27. The van der Waals surface area contributed by atoms with Gasteiger partial charge in [-0.2, -0.15) is 5.10 Å². The lowest BCUT2D eigenvalue weighted by molar-refractivity contribution is -0.119. The largest absolute Gasteiger partial charge is 0.497 e. The van der Waals surface area contributed by atoms with Crippen molar-refractivity contribution in [1.29, 1.82) is 0 Å². The zero-order valence-corrected chi connectivity index (χ0v) is 23.3. The molecule has 196 valence electrons. The minimum absolute atomic E-state index is 0.0813. The number of aromatic nitrogens is 1. The summed E-state index contributed by atoms with van der Waals surface area (Å²) in [5.41, 5.74) is 4.86. The van der Waals surface area contributed by atoms with Crippen LogP contribution in [0, 0.1) is 6.92 Å². The number of carbonyl (C=O) groups excluding carboxylic acids is 1. The number of rotatable bonds is 9. The maximum absolute atomic E-state index is 13.5. The minimum Gasteiger partial charge on any atom is -0.497 e. The lowest BCUT2D eigenvalue weighted by Gasteiger charge is -2.24. The molecule has 0 bridgehead atoms. The first-order valence-corrected chi connectivity index (χ1v) is 14.4. The summed E-state index contributed by atoms with van der Waals surface area (Å²) < 4.78 is 33.3. The molecule has 11 heteroatoms. The fraction of sp³-hybridized carbons (Fsp3) is 0.148. The van der Waals surface area contributed by atoms with Crippen LogP contribution in [-0.4, -0.2) is 45.4 Å². The number of hydrazone groups is 1. The number of anilines is 1. The number of carbonyl (C=O) groups is 1. The number of ether oxygens (including phenoxy) is 1. The standard InChI is InChI=1S/C27H25ClN4O4S2/c1-18-4-7-21(8-5-18)32(38(34,35)24-12-10-23(37-3)11-13-24)17-26(33)31-29-16-20-14-19-6-9-22(36-2)15-25(19)30-27(20)28/h4-16H,17H2,1-3H3,(H,31,33). The first-order chi connectivity index (χ1) is 18.2. The molecule has 0 atom stereocenters. The number of hydrogen-bond donors (Lipinski definition) is 1. The van der Waals surface area contributed by atoms with Gasteiger partial charge in [-0.15, -0.1) is 11.8 Å². The van der Waals surface area contributed by atoms with Crippen molar-refractivity contribution in [2.45, 2.75) is 16.7 Å². The molecule has 0 radical (unpaired) electrons. The lowest BCUT2D eigenvalue weighted by Crippen LogP contribution is -2.39. The summed E-state index contributed by atoms with van der Waals surface area (Å²) >= 11 is 7.80. The third kappa shape index (κ3) is 6.27. The van der Waals surface area contributed by atoms with Crippen LogP contribution in [0.4, 0.5) is 5.69 Å². The number of nitrogens with one attached hydrogen (secondary N) is 1. The van der Waals surface area contributed by atoms with Gasteiger partial charge in [0.15, 0.2) is 0 Å². The molecule has 0 aliphatic carbocycles. The van der Waals surface area contributed by atoms with Crippen molar-refractivity contribution in [1.82, 2.24) is 10.4 Å².